The molecule has 6 aromatic rings. The maximum absolute atomic E-state index is 4.98. The Morgan fingerprint density at radius 3 is 1.46 bits per heavy atom. The van der Waals surface area contributed by atoms with E-state index in [-0.39, 0.29) is 0 Å². The Morgan fingerprint density at radius 1 is 0.543 bits per heavy atom. The first kappa shape index (κ1) is 19.5. The monoisotopic (exact) mass is 454 g/mol. The topological polar surface area (TPSA) is 86.2 Å². The van der Waals surface area contributed by atoms with Gasteiger partial charge in [-0.05, 0) is 47.5 Å². The van der Waals surface area contributed by atoms with Gasteiger partial charge in [0.15, 0.2) is 23.3 Å². The predicted molar refractivity (Wildman–Crippen MR) is 133 cm³/mol. The van der Waals surface area contributed by atoms with Crippen molar-refractivity contribution in [3.63, 3.8) is 0 Å². The summed E-state index contributed by atoms with van der Waals surface area (Å²) in [4.78, 5) is 27.6. The van der Waals surface area contributed by atoms with Gasteiger partial charge in [0.2, 0.25) is 0 Å². The molecule has 6 heterocycles. The zero-order valence-corrected chi connectivity index (χ0v) is 18.5. The first-order chi connectivity index (χ1) is 17.4. The summed E-state index contributed by atoms with van der Waals surface area (Å²) in [6.07, 6.45) is 15.9. The number of imidazole rings is 2. The van der Waals surface area contributed by atoms with E-state index in [1.54, 1.807) is 36.9 Å². The highest BCUT2D eigenvalue weighted by Gasteiger charge is 2.23. The number of aromatic nitrogens is 8. The summed E-state index contributed by atoms with van der Waals surface area (Å²) in [5.41, 5.74) is 6.14. The van der Waals surface area contributed by atoms with Crippen LogP contribution in [0.2, 0.25) is 0 Å². The van der Waals surface area contributed by atoms with Crippen molar-refractivity contribution in [3.8, 4) is 23.3 Å². The van der Waals surface area contributed by atoms with Crippen LogP contribution in [0.15, 0.2) is 97.9 Å². The fourth-order valence-corrected chi connectivity index (χ4v) is 4.54. The minimum Gasteiger partial charge on any atom is -0.296 e. The lowest BCUT2D eigenvalue weighted by molar-refractivity contribution is 1.07. The summed E-state index contributed by atoms with van der Waals surface area (Å²) in [6, 6.07) is 15.8. The lowest BCUT2D eigenvalue weighted by Crippen LogP contribution is -1.93. The van der Waals surface area contributed by atoms with Crippen molar-refractivity contribution < 1.29 is 0 Å². The van der Waals surface area contributed by atoms with E-state index in [0.29, 0.717) is 18.1 Å². The number of nitrogens with zero attached hydrogens (tertiary/aromatic N) is 8. The van der Waals surface area contributed by atoms with Crippen molar-refractivity contribution in [2.75, 3.05) is 0 Å². The van der Waals surface area contributed by atoms with E-state index in [0.717, 1.165) is 45.2 Å². The molecule has 0 aromatic carbocycles. The number of hydrogen-bond acceptors (Lipinski definition) is 6. The fourth-order valence-electron chi connectivity index (χ4n) is 4.54. The molecule has 0 N–H and O–H groups in total. The highest BCUT2D eigenvalue weighted by Crippen LogP contribution is 2.38. The molecule has 0 aliphatic heterocycles. The zero-order valence-electron chi connectivity index (χ0n) is 18.5. The van der Waals surface area contributed by atoms with Crippen LogP contribution in [0.4, 0.5) is 0 Å². The highest BCUT2D eigenvalue weighted by molar-refractivity contribution is 5.93. The van der Waals surface area contributed by atoms with Crippen LogP contribution < -0.4 is 0 Å². The Bertz CT molecular complexity index is 1630. The van der Waals surface area contributed by atoms with Crippen LogP contribution in [0, 0.1) is 0 Å². The number of rotatable bonds is 4. The largest absolute Gasteiger partial charge is 0.296 e. The standard InChI is InChI=1S/C27H18N8/c1-3-15-34-20(7-1)22(32-26(34)24-28-11-5-12-29-24)18-9-10-19(17-18)23-21-8-2-4-16-35(21)27(33-23)25-30-13-6-14-31-25/h1-16H,17H2. The molecule has 0 fully saturated rings. The summed E-state index contributed by atoms with van der Waals surface area (Å²) >= 11 is 0. The van der Waals surface area contributed by atoms with E-state index in [1.165, 1.54) is 0 Å². The van der Waals surface area contributed by atoms with Gasteiger partial charge in [0.1, 0.15) is 0 Å². The first-order valence-corrected chi connectivity index (χ1v) is 11.3. The fraction of sp³-hybridized carbons (Fsp3) is 0.0370. The van der Waals surface area contributed by atoms with Crippen molar-refractivity contribution in [3.05, 3.63) is 109 Å². The molecule has 0 unspecified atom stereocenters. The summed E-state index contributed by atoms with van der Waals surface area (Å²) in [6.45, 7) is 0. The molecule has 0 saturated heterocycles. The van der Waals surface area contributed by atoms with Gasteiger partial charge < -0.3 is 0 Å². The normalized spacial score (nSPS) is 13.4. The van der Waals surface area contributed by atoms with Gasteiger partial charge in [0.25, 0.3) is 0 Å². The van der Waals surface area contributed by atoms with Crippen LogP contribution in [0.3, 0.4) is 0 Å². The van der Waals surface area contributed by atoms with E-state index < -0.39 is 0 Å². The molecule has 1 aliphatic carbocycles. The molecule has 7 rings (SSSR count). The van der Waals surface area contributed by atoms with Gasteiger partial charge in [-0.2, -0.15) is 0 Å². The van der Waals surface area contributed by atoms with Gasteiger partial charge in [-0.15, -0.1) is 0 Å². The molecule has 6 aromatic heterocycles. The molecule has 35 heavy (non-hydrogen) atoms. The minimum absolute atomic E-state index is 0.597. The quantitative estimate of drug-likeness (QED) is 0.382. The number of allylic oxidation sites excluding steroid dienone is 4. The van der Waals surface area contributed by atoms with Gasteiger partial charge in [0, 0.05) is 43.6 Å². The van der Waals surface area contributed by atoms with Crippen LogP contribution in [0.1, 0.15) is 17.8 Å². The average molecular weight is 454 g/mol. The molecule has 0 amide bonds. The number of hydrogen-bond donors (Lipinski definition) is 0. The second-order valence-electron chi connectivity index (χ2n) is 8.19. The third-order valence-corrected chi connectivity index (χ3v) is 6.10. The second-order valence-corrected chi connectivity index (χ2v) is 8.19. The van der Waals surface area contributed by atoms with Crippen molar-refractivity contribution in [1.82, 2.24) is 38.7 Å². The van der Waals surface area contributed by atoms with Crippen molar-refractivity contribution in [2.45, 2.75) is 6.42 Å². The van der Waals surface area contributed by atoms with Gasteiger partial charge >= 0.3 is 0 Å². The van der Waals surface area contributed by atoms with Crippen LogP contribution in [0.5, 0.6) is 0 Å². The third-order valence-electron chi connectivity index (χ3n) is 6.10. The maximum atomic E-state index is 4.98. The summed E-state index contributed by atoms with van der Waals surface area (Å²) in [5, 5.41) is 0. The molecule has 166 valence electrons. The molecular formula is C27H18N8. The van der Waals surface area contributed by atoms with Crippen LogP contribution in [-0.4, -0.2) is 38.7 Å². The van der Waals surface area contributed by atoms with E-state index >= 15 is 0 Å². The second kappa shape index (κ2) is 7.81. The van der Waals surface area contributed by atoms with Crippen LogP contribution >= 0.6 is 0 Å². The van der Waals surface area contributed by atoms with Crippen molar-refractivity contribution in [2.24, 2.45) is 0 Å². The van der Waals surface area contributed by atoms with Gasteiger partial charge in [-0.3, -0.25) is 8.80 Å². The molecule has 0 radical (unpaired) electrons. The van der Waals surface area contributed by atoms with E-state index in [2.05, 4.69) is 44.2 Å². The summed E-state index contributed by atoms with van der Waals surface area (Å²) in [7, 11) is 0. The molecule has 8 nitrogen and oxygen atoms in total. The lowest BCUT2D eigenvalue weighted by atomic mass is 10.0. The average Bonchev–Trinajstić information content (AvgIpc) is 3.65. The Labute approximate surface area is 200 Å². The van der Waals surface area contributed by atoms with Crippen molar-refractivity contribution in [1.29, 1.82) is 0 Å². The molecule has 0 saturated carbocycles. The Morgan fingerprint density at radius 2 is 1.00 bits per heavy atom. The Hall–Kier alpha value is -4.98. The number of pyridine rings is 2. The van der Waals surface area contributed by atoms with Gasteiger partial charge in [-0.25, -0.2) is 29.9 Å². The van der Waals surface area contributed by atoms with Crippen molar-refractivity contribution >= 4 is 22.2 Å². The predicted octanol–water partition coefficient (Wildman–Crippen LogP) is 4.77. The molecule has 0 bridgehead atoms. The van der Waals surface area contributed by atoms with Gasteiger partial charge in [-0.1, -0.05) is 24.3 Å². The highest BCUT2D eigenvalue weighted by atomic mass is 15.1. The minimum atomic E-state index is 0.597. The Kier molecular flexibility index (Phi) is 4.35. The SMILES string of the molecule is C1=C(c2nc(-c3ncccn3)n3ccccc23)CC(c2nc(-c3ncccn3)n3ccccc23)=C1. The van der Waals surface area contributed by atoms with E-state index in [9.17, 15) is 0 Å². The smallest absolute Gasteiger partial charge is 0.196 e. The summed E-state index contributed by atoms with van der Waals surface area (Å²) < 4.78 is 4.08. The molecule has 0 spiro atoms. The van der Waals surface area contributed by atoms with Crippen LogP contribution in [0.25, 0.3) is 45.5 Å². The van der Waals surface area contributed by atoms with E-state index in [4.69, 9.17) is 9.97 Å². The van der Waals surface area contributed by atoms with E-state index in [1.807, 2.05) is 45.5 Å². The molecule has 1 aliphatic rings. The lowest BCUT2D eigenvalue weighted by Gasteiger charge is -2.03. The molecular weight excluding hydrogens is 436 g/mol. The zero-order chi connectivity index (χ0) is 23.2. The molecule has 0 atom stereocenters. The number of fused-ring (bicyclic) bond motifs is 2. The summed E-state index contributed by atoms with van der Waals surface area (Å²) in [5.74, 6) is 2.64. The third kappa shape index (κ3) is 3.15. The van der Waals surface area contributed by atoms with Crippen LogP contribution in [-0.2, 0) is 0 Å². The molecule has 8 heteroatoms. The Balaban J connectivity index is 1.29. The first-order valence-electron chi connectivity index (χ1n) is 11.3. The van der Waals surface area contributed by atoms with Gasteiger partial charge in [0.05, 0.1) is 22.4 Å². The maximum Gasteiger partial charge on any atom is 0.196 e.